The van der Waals surface area contributed by atoms with Crippen molar-refractivity contribution in [1.29, 1.82) is 0 Å². The van der Waals surface area contributed by atoms with Crippen LogP contribution in [0, 0.1) is 0 Å². The quantitative estimate of drug-likeness (QED) is 0.360. The second-order valence-corrected chi connectivity index (χ2v) is 11.1. The van der Waals surface area contributed by atoms with Crippen LogP contribution >= 0.6 is 0 Å². The molecular formula is C30H38N6O5. The highest BCUT2D eigenvalue weighted by molar-refractivity contribution is 6.09. The fraction of sp³-hybridized carbons (Fsp3) is 0.400. The number of esters is 1. The number of primary amides is 1. The van der Waals surface area contributed by atoms with Crippen molar-refractivity contribution >= 4 is 29.2 Å². The number of amides is 2. The molecule has 3 N–H and O–H groups in total. The fourth-order valence-electron chi connectivity index (χ4n) is 4.78. The molecule has 0 radical (unpaired) electrons. The van der Waals surface area contributed by atoms with Gasteiger partial charge in [0.2, 0.25) is 0 Å². The van der Waals surface area contributed by atoms with Crippen LogP contribution in [0.15, 0.2) is 48.5 Å². The summed E-state index contributed by atoms with van der Waals surface area (Å²) in [6, 6.07) is 14.2. The average Bonchev–Trinajstić information content (AvgIpc) is 3.31. The number of nitrogens with one attached hydrogen (secondary N) is 1. The van der Waals surface area contributed by atoms with Crippen LogP contribution in [0.2, 0.25) is 0 Å². The second kappa shape index (κ2) is 12.0. The number of rotatable bonds is 10. The number of hydrogen-bond donors (Lipinski definition) is 2. The van der Waals surface area contributed by atoms with Crippen LogP contribution in [0.3, 0.4) is 0 Å². The van der Waals surface area contributed by atoms with E-state index in [2.05, 4.69) is 10.4 Å². The number of nitrogens with two attached hydrogens (primary N) is 1. The lowest BCUT2D eigenvalue weighted by Crippen LogP contribution is -2.41. The Bertz CT molecular complexity index is 1410. The molecule has 0 fully saturated rings. The molecule has 2 heterocycles. The Hall–Kier alpha value is -4.38. The van der Waals surface area contributed by atoms with E-state index in [4.69, 9.17) is 15.2 Å². The van der Waals surface area contributed by atoms with E-state index in [1.807, 2.05) is 64.0 Å². The monoisotopic (exact) mass is 562 g/mol. The van der Waals surface area contributed by atoms with E-state index in [1.165, 1.54) is 4.68 Å². The van der Waals surface area contributed by atoms with Gasteiger partial charge in [-0.3, -0.25) is 19.3 Å². The summed E-state index contributed by atoms with van der Waals surface area (Å²) in [5, 5.41) is 7.76. The lowest BCUT2D eigenvalue weighted by molar-refractivity contribution is -0.160. The summed E-state index contributed by atoms with van der Waals surface area (Å²) in [6.07, 6.45) is 1.00. The SMILES string of the molecule is COc1ccc(-n2nc(C(N)=O)c3c2C(=O)N(c2ccc(NCCC(C(=O)OC(C)(C)C)N(C)C)cc2)CC3)cc1. The Balaban J connectivity index is 1.48. The third-order valence-electron chi connectivity index (χ3n) is 6.80. The Labute approximate surface area is 240 Å². The first-order chi connectivity index (χ1) is 19.4. The van der Waals surface area contributed by atoms with Gasteiger partial charge in [-0.25, -0.2) is 4.68 Å². The number of methoxy groups -OCH3 is 1. The lowest BCUT2D eigenvalue weighted by atomic mass is 10.0. The summed E-state index contributed by atoms with van der Waals surface area (Å²) in [4.78, 5) is 42.0. The van der Waals surface area contributed by atoms with E-state index in [0.29, 0.717) is 54.3 Å². The summed E-state index contributed by atoms with van der Waals surface area (Å²) >= 11 is 0. The van der Waals surface area contributed by atoms with Gasteiger partial charge in [0.15, 0.2) is 5.69 Å². The van der Waals surface area contributed by atoms with E-state index >= 15 is 0 Å². The number of ether oxygens (including phenoxy) is 2. The van der Waals surface area contributed by atoms with Gasteiger partial charge < -0.3 is 25.4 Å². The maximum absolute atomic E-state index is 13.8. The minimum atomic E-state index is -0.673. The van der Waals surface area contributed by atoms with Crippen molar-refractivity contribution in [3.8, 4) is 11.4 Å². The first kappa shape index (κ1) is 29.6. The standard InChI is InChI=1S/C30H38N6O5/c1-30(2,3)41-29(39)24(34(4)5)15-17-32-19-7-9-20(10-8-19)35-18-16-23-25(27(31)37)33-36(26(23)28(35)38)21-11-13-22(40-6)14-12-21/h7-14,24,32H,15-18H2,1-6H3,(H2,31,37). The normalized spacial score (nSPS) is 14.0. The van der Waals surface area contributed by atoms with E-state index in [1.54, 1.807) is 36.3 Å². The Morgan fingerprint density at radius 1 is 1.07 bits per heavy atom. The summed E-state index contributed by atoms with van der Waals surface area (Å²) < 4.78 is 12.3. The smallest absolute Gasteiger partial charge is 0.323 e. The molecule has 1 aromatic heterocycles. The first-order valence-electron chi connectivity index (χ1n) is 13.5. The zero-order valence-electron chi connectivity index (χ0n) is 24.4. The first-order valence-corrected chi connectivity index (χ1v) is 13.5. The van der Waals surface area contributed by atoms with Crippen molar-refractivity contribution < 1.29 is 23.9 Å². The molecule has 2 amide bonds. The third kappa shape index (κ3) is 6.68. The number of carbonyl (C=O) groups excluding carboxylic acids is 3. The highest BCUT2D eigenvalue weighted by Gasteiger charge is 2.34. The Morgan fingerprint density at radius 2 is 1.71 bits per heavy atom. The van der Waals surface area contributed by atoms with Crippen LogP contribution < -0.4 is 20.7 Å². The van der Waals surface area contributed by atoms with Crippen LogP contribution in [-0.2, 0) is 16.0 Å². The molecule has 0 bridgehead atoms. The van der Waals surface area contributed by atoms with Crippen LogP contribution in [-0.4, -0.2) is 78.4 Å². The number of benzene rings is 2. The number of likely N-dealkylation sites (N-methyl/N-ethyl adjacent to an activating group) is 1. The minimum Gasteiger partial charge on any atom is -0.497 e. The molecule has 1 aliphatic rings. The maximum atomic E-state index is 13.8. The molecular weight excluding hydrogens is 524 g/mol. The van der Waals surface area contributed by atoms with Gasteiger partial charge in [-0.15, -0.1) is 0 Å². The zero-order valence-corrected chi connectivity index (χ0v) is 24.4. The lowest BCUT2D eigenvalue weighted by Gasteiger charge is -2.28. The van der Waals surface area contributed by atoms with Gasteiger partial charge in [0, 0.05) is 30.0 Å². The van der Waals surface area contributed by atoms with Crippen molar-refractivity contribution in [3.05, 3.63) is 65.5 Å². The molecule has 1 atom stereocenters. The fourth-order valence-corrected chi connectivity index (χ4v) is 4.78. The highest BCUT2D eigenvalue weighted by Crippen LogP contribution is 2.30. The molecule has 41 heavy (non-hydrogen) atoms. The molecule has 3 aromatic rings. The number of fused-ring (bicyclic) bond motifs is 1. The molecule has 0 saturated heterocycles. The molecule has 4 rings (SSSR count). The van der Waals surface area contributed by atoms with Gasteiger partial charge in [0.05, 0.1) is 12.8 Å². The number of carbonyl (C=O) groups is 3. The Kier molecular flexibility index (Phi) is 8.67. The van der Waals surface area contributed by atoms with Crippen molar-refractivity contribution in [1.82, 2.24) is 14.7 Å². The molecule has 1 aliphatic heterocycles. The van der Waals surface area contributed by atoms with Gasteiger partial charge in [0.25, 0.3) is 11.8 Å². The van der Waals surface area contributed by atoms with Crippen molar-refractivity contribution in [2.45, 2.75) is 45.3 Å². The van der Waals surface area contributed by atoms with E-state index in [-0.39, 0.29) is 23.6 Å². The molecule has 0 spiro atoms. The van der Waals surface area contributed by atoms with Gasteiger partial charge in [-0.2, -0.15) is 5.10 Å². The largest absolute Gasteiger partial charge is 0.497 e. The Morgan fingerprint density at radius 3 is 2.27 bits per heavy atom. The van der Waals surface area contributed by atoms with Crippen LogP contribution in [0.5, 0.6) is 5.75 Å². The molecule has 218 valence electrons. The number of anilines is 2. The topological polar surface area (TPSA) is 132 Å². The average molecular weight is 563 g/mol. The molecule has 2 aromatic carbocycles. The summed E-state index contributed by atoms with van der Waals surface area (Å²) in [5.41, 5.74) is 8.22. The third-order valence-corrected chi connectivity index (χ3v) is 6.80. The van der Waals surface area contributed by atoms with Gasteiger partial charge in [-0.05, 0) is 96.2 Å². The van der Waals surface area contributed by atoms with Crippen molar-refractivity contribution in [2.24, 2.45) is 5.73 Å². The summed E-state index contributed by atoms with van der Waals surface area (Å²) in [7, 11) is 5.29. The summed E-state index contributed by atoms with van der Waals surface area (Å²) in [6.45, 7) is 6.51. The van der Waals surface area contributed by atoms with Gasteiger partial charge >= 0.3 is 5.97 Å². The second-order valence-electron chi connectivity index (χ2n) is 11.1. The molecule has 11 heteroatoms. The molecule has 0 aliphatic carbocycles. The number of nitrogens with zero attached hydrogens (tertiary/aromatic N) is 4. The molecule has 0 saturated carbocycles. The van der Waals surface area contributed by atoms with Gasteiger partial charge in [-0.1, -0.05) is 0 Å². The van der Waals surface area contributed by atoms with Crippen molar-refractivity contribution in [3.63, 3.8) is 0 Å². The van der Waals surface area contributed by atoms with Crippen LogP contribution in [0.4, 0.5) is 11.4 Å². The molecule has 1 unspecified atom stereocenters. The van der Waals surface area contributed by atoms with Gasteiger partial charge in [0.1, 0.15) is 23.1 Å². The van der Waals surface area contributed by atoms with E-state index in [9.17, 15) is 14.4 Å². The van der Waals surface area contributed by atoms with Crippen LogP contribution in [0.25, 0.3) is 5.69 Å². The van der Waals surface area contributed by atoms with E-state index in [0.717, 1.165) is 5.69 Å². The number of aromatic nitrogens is 2. The predicted octanol–water partition coefficient (Wildman–Crippen LogP) is 3.26. The maximum Gasteiger partial charge on any atom is 0.323 e. The zero-order chi connectivity index (χ0) is 29.9. The van der Waals surface area contributed by atoms with Crippen molar-refractivity contribution in [2.75, 3.05) is 44.5 Å². The summed E-state index contributed by atoms with van der Waals surface area (Å²) in [5.74, 6) is -0.535. The predicted molar refractivity (Wildman–Crippen MR) is 157 cm³/mol. The van der Waals surface area contributed by atoms with Crippen LogP contribution in [0.1, 0.15) is 53.7 Å². The number of hydrogen-bond acceptors (Lipinski definition) is 8. The highest BCUT2D eigenvalue weighted by atomic mass is 16.6. The van der Waals surface area contributed by atoms with E-state index < -0.39 is 11.5 Å². The molecule has 11 nitrogen and oxygen atoms in total. The minimum absolute atomic E-state index is 0.103.